The second-order valence-electron chi connectivity index (χ2n) is 6.02. The summed E-state index contributed by atoms with van der Waals surface area (Å²) in [6.45, 7) is 7.49. The van der Waals surface area contributed by atoms with Gasteiger partial charge in [-0.3, -0.25) is 0 Å². The third kappa shape index (κ3) is 7.04. The summed E-state index contributed by atoms with van der Waals surface area (Å²) in [5.74, 6) is 0.303. The zero-order valence-corrected chi connectivity index (χ0v) is 13.3. The largest absolute Gasteiger partial charge is 0.314 e. The molecule has 1 aromatic rings. The summed E-state index contributed by atoms with van der Waals surface area (Å²) >= 11 is 0. The summed E-state index contributed by atoms with van der Waals surface area (Å²) < 4.78 is 13.4. The molecule has 20 heavy (non-hydrogen) atoms. The number of benzene rings is 1. The van der Waals surface area contributed by atoms with E-state index in [9.17, 15) is 4.39 Å². The van der Waals surface area contributed by atoms with Crippen molar-refractivity contribution in [2.45, 2.75) is 71.3 Å². The van der Waals surface area contributed by atoms with E-state index in [-0.39, 0.29) is 5.82 Å². The molecule has 1 unspecified atom stereocenters. The predicted molar refractivity (Wildman–Crippen MR) is 85.7 cm³/mol. The van der Waals surface area contributed by atoms with Crippen molar-refractivity contribution >= 4 is 0 Å². The van der Waals surface area contributed by atoms with E-state index in [0.29, 0.717) is 12.0 Å². The van der Waals surface area contributed by atoms with E-state index < -0.39 is 0 Å². The molecule has 2 heteroatoms. The Morgan fingerprint density at radius 3 is 2.50 bits per heavy atom. The predicted octanol–water partition coefficient (Wildman–Crippen LogP) is 5.27. The maximum Gasteiger partial charge on any atom is 0.123 e. The van der Waals surface area contributed by atoms with Crippen LogP contribution in [0.4, 0.5) is 4.39 Å². The molecule has 1 atom stereocenters. The van der Waals surface area contributed by atoms with Crippen molar-refractivity contribution in [3.8, 4) is 0 Å². The Labute approximate surface area is 124 Å². The quantitative estimate of drug-likeness (QED) is 0.575. The van der Waals surface area contributed by atoms with Crippen LogP contribution in [0.15, 0.2) is 24.3 Å². The Morgan fingerprint density at radius 1 is 1.10 bits per heavy atom. The molecular weight excluding hydrogens is 249 g/mol. The van der Waals surface area contributed by atoms with Crippen LogP contribution >= 0.6 is 0 Å². The minimum absolute atomic E-state index is 0.122. The van der Waals surface area contributed by atoms with Crippen molar-refractivity contribution in [1.82, 2.24) is 5.32 Å². The highest BCUT2D eigenvalue weighted by Crippen LogP contribution is 2.23. The lowest BCUT2D eigenvalue weighted by Crippen LogP contribution is -2.28. The highest BCUT2D eigenvalue weighted by atomic mass is 19.1. The lowest BCUT2D eigenvalue weighted by atomic mass is 9.92. The first-order valence-electron chi connectivity index (χ1n) is 8.12. The minimum Gasteiger partial charge on any atom is -0.314 e. The van der Waals surface area contributed by atoms with Gasteiger partial charge in [0.1, 0.15) is 5.82 Å². The summed E-state index contributed by atoms with van der Waals surface area (Å²) in [6, 6.07) is 7.58. The van der Waals surface area contributed by atoms with Crippen molar-refractivity contribution in [2.24, 2.45) is 0 Å². The van der Waals surface area contributed by atoms with Gasteiger partial charge in [-0.2, -0.15) is 0 Å². The van der Waals surface area contributed by atoms with Crippen LogP contribution in [0.2, 0.25) is 0 Å². The molecule has 1 rings (SSSR count). The van der Waals surface area contributed by atoms with Gasteiger partial charge in [0.2, 0.25) is 0 Å². The third-order valence-electron chi connectivity index (χ3n) is 3.75. The van der Waals surface area contributed by atoms with Gasteiger partial charge in [-0.15, -0.1) is 0 Å². The van der Waals surface area contributed by atoms with Gasteiger partial charge < -0.3 is 5.32 Å². The Hall–Kier alpha value is -0.890. The number of hydrogen-bond donors (Lipinski definition) is 1. The van der Waals surface area contributed by atoms with E-state index in [1.807, 2.05) is 6.07 Å². The summed E-state index contributed by atoms with van der Waals surface area (Å²) in [5.41, 5.74) is 1.13. The van der Waals surface area contributed by atoms with Crippen molar-refractivity contribution < 1.29 is 4.39 Å². The minimum atomic E-state index is -0.122. The lowest BCUT2D eigenvalue weighted by Gasteiger charge is -2.20. The van der Waals surface area contributed by atoms with E-state index in [1.165, 1.54) is 38.2 Å². The molecule has 0 aromatic heterocycles. The van der Waals surface area contributed by atoms with Crippen LogP contribution in [0.5, 0.6) is 0 Å². The van der Waals surface area contributed by atoms with Crippen LogP contribution < -0.4 is 5.32 Å². The lowest BCUT2D eigenvalue weighted by molar-refractivity contribution is 0.482. The van der Waals surface area contributed by atoms with Gasteiger partial charge in [-0.25, -0.2) is 4.39 Å². The summed E-state index contributed by atoms with van der Waals surface area (Å²) in [6.07, 6.45) is 7.61. The Bertz CT molecular complexity index is 362. The highest BCUT2D eigenvalue weighted by molar-refractivity contribution is 5.21. The molecule has 0 bridgehead atoms. The third-order valence-corrected chi connectivity index (χ3v) is 3.75. The van der Waals surface area contributed by atoms with E-state index in [1.54, 1.807) is 6.07 Å². The number of hydrogen-bond acceptors (Lipinski definition) is 1. The average Bonchev–Trinajstić information content (AvgIpc) is 2.41. The molecule has 1 N–H and O–H groups in total. The monoisotopic (exact) mass is 279 g/mol. The van der Waals surface area contributed by atoms with Crippen molar-refractivity contribution in [1.29, 1.82) is 0 Å². The van der Waals surface area contributed by atoms with Gasteiger partial charge in [0, 0.05) is 12.6 Å². The standard InChI is InChI=1S/C18H30FN/c1-4-5-6-7-8-10-17(14-20-15(2)3)16-11-9-12-18(19)13-16/h9,11-13,15,17,20H,4-8,10,14H2,1-3H3. The van der Waals surface area contributed by atoms with E-state index >= 15 is 0 Å². The van der Waals surface area contributed by atoms with Gasteiger partial charge >= 0.3 is 0 Å². The van der Waals surface area contributed by atoms with Gasteiger partial charge in [-0.05, 0) is 30.0 Å². The Kier molecular flexibility index (Phi) is 8.52. The molecule has 0 aliphatic heterocycles. The fourth-order valence-corrected chi connectivity index (χ4v) is 2.52. The number of nitrogens with one attached hydrogen (secondary N) is 1. The van der Waals surface area contributed by atoms with Crippen LogP contribution in [-0.4, -0.2) is 12.6 Å². The van der Waals surface area contributed by atoms with Crippen LogP contribution in [0.1, 0.15) is 70.8 Å². The van der Waals surface area contributed by atoms with Crippen molar-refractivity contribution in [3.05, 3.63) is 35.6 Å². The van der Waals surface area contributed by atoms with Crippen molar-refractivity contribution in [3.63, 3.8) is 0 Å². The fraction of sp³-hybridized carbons (Fsp3) is 0.667. The molecular formula is C18H30FN. The highest BCUT2D eigenvalue weighted by Gasteiger charge is 2.12. The summed E-state index contributed by atoms with van der Waals surface area (Å²) in [4.78, 5) is 0. The normalized spacial score (nSPS) is 12.8. The molecule has 0 spiro atoms. The average molecular weight is 279 g/mol. The molecule has 0 saturated heterocycles. The van der Waals surface area contributed by atoms with Gasteiger partial charge in [0.05, 0.1) is 0 Å². The molecule has 0 radical (unpaired) electrons. The second-order valence-corrected chi connectivity index (χ2v) is 6.02. The maximum absolute atomic E-state index is 13.4. The first-order chi connectivity index (χ1) is 9.63. The molecule has 0 aliphatic rings. The van der Waals surface area contributed by atoms with E-state index in [0.717, 1.165) is 18.5 Å². The number of rotatable bonds is 10. The van der Waals surface area contributed by atoms with Gasteiger partial charge in [0.25, 0.3) is 0 Å². The molecule has 0 saturated carbocycles. The van der Waals surface area contributed by atoms with E-state index in [2.05, 4.69) is 32.2 Å². The van der Waals surface area contributed by atoms with Crippen LogP contribution in [0.25, 0.3) is 0 Å². The number of unbranched alkanes of at least 4 members (excludes halogenated alkanes) is 4. The summed E-state index contributed by atoms with van der Waals surface area (Å²) in [7, 11) is 0. The molecule has 0 aliphatic carbocycles. The van der Waals surface area contributed by atoms with Crippen LogP contribution in [0, 0.1) is 5.82 Å². The van der Waals surface area contributed by atoms with E-state index in [4.69, 9.17) is 0 Å². The molecule has 114 valence electrons. The fourth-order valence-electron chi connectivity index (χ4n) is 2.52. The Balaban J connectivity index is 2.51. The Morgan fingerprint density at radius 2 is 1.85 bits per heavy atom. The first-order valence-corrected chi connectivity index (χ1v) is 8.12. The maximum atomic E-state index is 13.4. The second kappa shape index (κ2) is 9.93. The zero-order valence-electron chi connectivity index (χ0n) is 13.3. The first kappa shape index (κ1) is 17.2. The summed E-state index contributed by atoms with van der Waals surface area (Å²) in [5, 5.41) is 3.49. The van der Waals surface area contributed by atoms with Gasteiger partial charge in [-0.1, -0.05) is 65.0 Å². The molecule has 0 heterocycles. The molecule has 0 fully saturated rings. The topological polar surface area (TPSA) is 12.0 Å². The molecule has 1 aromatic carbocycles. The van der Waals surface area contributed by atoms with Crippen molar-refractivity contribution in [2.75, 3.05) is 6.54 Å². The van der Waals surface area contributed by atoms with Gasteiger partial charge in [0.15, 0.2) is 0 Å². The number of halogens is 1. The van der Waals surface area contributed by atoms with Crippen LogP contribution in [0.3, 0.4) is 0 Å². The molecule has 1 nitrogen and oxygen atoms in total. The smallest absolute Gasteiger partial charge is 0.123 e. The SMILES string of the molecule is CCCCCCCC(CNC(C)C)c1cccc(F)c1. The zero-order chi connectivity index (χ0) is 14.8. The van der Waals surface area contributed by atoms with Crippen LogP contribution in [-0.2, 0) is 0 Å². The molecule has 0 amide bonds.